The molecular weight excluding hydrogens is 288 g/mol. The van der Waals surface area contributed by atoms with Gasteiger partial charge in [0.1, 0.15) is 0 Å². The maximum absolute atomic E-state index is 12.0. The zero-order valence-electron chi connectivity index (χ0n) is 9.59. The summed E-state index contributed by atoms with van der Waals surface area (Å²) in [4.78, 5) is 23.5. The molecule has 17 heavy (non-hydrogen) atoms. The normalized spacial score (nSPS) is 11.9. The Balaban J connectivity index is 2.86. The Bertz CT molecular complexity index is 419. The van der Waals surface area contributed by atoms with E-state index in [9.17, 15) is 14.9 Å². The number of carbonyl (C=O) groups excluding carboxylic acids is 1. The van der Waals surface area contributed by atoms with Crippen molar-refractivity contribution < 1.29 is 9.72 Å². The van der Waals surface area contributed by atoms with E-state index in [2.05, 4.69) is 15.9 Å². The van der Waals surface area contributed by atoms with Gasteiger partial charge < -0.3 is 4.90 Å². The summed E-state index contributed by atoms with van der Waals surface area (Å²) < 4.78 is 0. The van der Waals surface area contributed by atoms with Crippen molar-refractivity contribution in [1.82, 2.24) is 4.90 Å². The molecule has 0 saturated heterocycles. The van der Waals surface area contributed by atoms with Crippen LogP contribution in [0, 0.1) is 10.1 Å². The lowest BCUT2D eigenvalue weighted by Crippen LogP contribution is -2.36. The van der Waals surface area contributed by atoms with Gasteiger partial charge in [0.15, 0.2) is 0 Å². The number of hydrogen-bond donors (Lipinski definition) is 0. The van der Waals surface area contributed by atoms with Crippen molar-refractivity contribution in [1.29, 1.82) is 0 Å². The zero-order valence-corrected chi connectivity index (χ0v) is 11.2. The average molecular weight is 301 g/mol. The second-order valence-electron chi connectivity index (χ2n) is 3.72. The lowest BCUT2D eigenvalue weighted by atomic mass is 10.1. The van der Waals surface area contributed by atoms with Gasteiger partial charge in [-0.2, -0.15) is 0 Å². The largest absolute Gasteiger partial charge is 0.338 e. The minimum absolute atomic E-state index is 0.0160. The van der Waals surface area contributed by atoms with Gasteiger partial charge in [-0.15, -0.1) is 0 Å². The molecule has 6 heteroatoms. The third-order valence-corrected chi connectivity index (χ3v) is 3.47. The molecule has 0 aliphatic heterocycles. The van der Waals surface area contributed by atoms with Crippen LogP contribution < -0.4 is 0 Å². The molecule has 0 aliphatic carbocycles. The summed E-state index contributed by atoms with van der Waals surface area (Å²) >= 11 is 3.30. The SMILES string of the molecule is CC(CBr)N(C)C(=O)c1ccc([N+](=O)[O-])cc1. The minimum Gasteiger partial charge on any atom is -0.338 e. The van der Waals surface area contributed by atoms with E-state index in [4.69, 9.17) is 0 Å². The maximum Gasteiger partial charge on any atom is 0.269 e. The van der Waals surface area contributed by atoms with Crippen molar-refractivity contribution in [2.75, 3.05) is 12.4 Å². The summed E-state index contributed by atoms with van der Waals surface area (Å²) in [6.45, 7) is 1.91. The third kappa shape index (κ3) is 3.26. The highest BCUT2D eigenvalue weighted by molar-refractivity contribution is 9.09. The summed E-state index contributed by atoms with van der Waals surface area (Å²) in [5.74, 6) is -0.146. The predicted octanol–water partition coefficient (Wildman–Crippen LogP) is 2.45. The first-order chi connectivity index (χ1) is 7.97. The van der Waals surface area contributed by atoms with Gasteiger partial charge in [0.2, 0.25) is 0 Å². The Morgan fingerprint density at radius 3 is 2.41 bits per heavy atom. The van der Waals surface area contributed by atoms with Crippen LogP contribution in [0.2, 0.25) is 0 Å². The highest BCUT2D eigenvalue weighted by atomic mass is 79.9. The fraction of sp³-hybridized carbons (Fsp3) is 0.364. The number of nitro groups is 1. The van der Waals surface area contributed by atoms with Gasteiger partial charge in [0.25, 0.3) is 11.6 Å². The van der Waals surface area contributed by atoms with Crippen molar-refractivity contribution >= 4 is 27.5 Å². The van der Waals surface area contributed by atoms with E-state index in [1.54, 1.807) is 11.9 Å². The highest BCUT2D eigenvalue weighted by Gasteiger charge is 2.17. The van der Waals surface area contributed by atoms with E-state index in [1.807, 2.05) is 6.92 Å². The van der Waals surface area contributed by atoms with Crippen molar-refractivity contribution in [3.8, 4) is 0 Å². The highest BCUT2D eigenvalue weighted by Crippen LogP contribution is 2.14. The number of benzene rings is 1. The number of amides is 1. The second kappa shape index (κ2) is 5.77. The molecule has 1 aromatic carbocycles. The summed E-state index contributed by atoms with van der Waals surface area (Å²) in [7, 11) is 1.70. The molecule has 1 atom stereocenters. The molecule has 0 heterocycles. The van der Waals surface area contributed by atoms with Gasteiger partial charge in [0.05, 0.1) is 4.92 Å². The number of carbonyl (C=O) groups is 1. The topological polar surface area (TPSA) is 63.5 Å². The molecular formula is C11H13BrN2O3. The van der Waals surface area contributed by atoms with Crippen LogP contribution in [0.15, 0.2) is 24.3 Å². The molecule has 0 N–H and O–H groups in total. The Labute approximate surface area is 108 Å². The van der Waals surface area contributed by atoms with Crippen molar-refractivity contribution in [2.24, 2.45) is 0 Å². The Hall–Kier alpha value is -1.43. The minimum atomic E-state index is -0.487. The quantitative estimate of drug-likeness (QED) is 0.487. The van der Waals surface area contributed by atoms with E-state index in [1.165, 1.54) is 24.3 Å². The van der Waals surface area contributed by atoms with Crippen molar-refractivity contribution in [2.45, 2.75) is 13.0 Å². The molecule has 0 spiro atoms. The van der Waals surface area contributed by atoms with Crippen LogP contribution in [-0.2, 0) is 0 Å². The molecule has 0 radical (unpaired) electrons. The average Bonchev–Trinajstić information content (AvgIpc) is 2.36. The maximum atomic E-state index is 12.0. The van der Waals surface area contributed by atoms with Gasteiger partial charge in [0, 0.05) is 36.1 Å². The molecule has 1 amide bonds. The third-order valence-electron chi connectivity index (χ3n) is 2.53. The standard InChI is InChI=1S/C11H13BrN2O3/c1-8(7-12)13(2)11(15)9-3-5-10(6-4-9)14(16)17/h3-6,8H,7H2,1-2H3. The van der Waals surface area contributed by atoms with Crippen molar-refractivity contribution in [3.63, 3.8) is 0 Å². The molecule has 1 unspecified atom stereocenters. The molecule has 92 valence electrons. The molecule has 0 aromatic heterocycles. The first-order valence-corrected chi connectivity index (χ1v) is 6.17. The first kappa shape index (κ1) is 13.6. The van der Waals surface area contributed by atoms with Gasteiger partial charge in [-0.05, 0) is 19.1 Å². The van der Waals surface area contributed by atoms with Crippen LogP contribution in [0.25, 0.3) is 0 Å². The Morgan fingerprint density at radius 2 is 2.00 bits per heavy atom. The lowest BCUT2D eigenvalue weighted by Gasteiger charge is -2.23. The predicted molar refractivity (Wildman–Crippen MR) is 68.4 cm³/mol. The van der Waals surface area contributed by atoms with Crippen LogP contribution in [0.1, 0.15) is 17.3 Å². The number of halogens is 1. The summed E-state index contributed by atoms with van der Waals surface area (Å²) in [6, 6.07) is 5.67. The number of alkyl halides is 1. The van der Waals surface area contributed by atoms with Crippen LogP contribution >= 0.6 is 15.9 Å². The summed E-state index contributed by atoms with van der Waals surface area (Å²) in [5, 5.41) is 11.2. The molecule has 0 saturated carbocycles. The van der Waals surface area contributed by atoms with E-state index in [0.29, 0.717) is 10.9 Å². The lowest BCUT2D eigenvalue weighted by molar-refractivity contribution is -0.384. The Kier molecular flexibility index (Phi) is 4.62. The van der Waals surface area contributed by atoms with Gasteiger partial charge >= 0.3 is 0 Å². The fourth-order valence-electron chi connectivity index (χ4n) is 1.23. The molecule has 0 aliphatic rings. The van der Waals surface area contributed by atoms with E-state index < -0.39 is 4.92 Å². The Morgan fingerprint density at radius 1 is 1.47 bits per heavy atom. The first-order valence-electron chi connectivity index (χ1n) is 5.05. The molecule has 5 nitrogen and oxygen atoms in total. The number of rotatable bonds is 4. The number of nitrogens with zero attached hydrogens (tertiary/aromatic N) is 2. The van der Waals surface area contributed by atoms with E-state index >= 15 is 0 Å². The smallest absolute Gasteiger partial charge is 0.269 e. The van der Waals surface area contributed by atoms with Crippen LogP contribution in [0.4, 0.5) is 5.69 Å². The second-order valence-corrected chi connectivity index (χ2v) is 4.37. The van der Waals surface area contributed by atoms with Crippen LogP contribution in [-0.4, -0.2) is 34.2 Å². The van der Waals surface area contributed by atoms with Gasteiger partial charge in [-0.25, -0.2) is 0 Å². The molecule has 0 bridgehead atoms. The molecule has 1 rings (SSSR count). The number of non-ortho nitro benzene ring substituents is 1. The van der Waals surface area contributed by atoms with Crippen LogP contribution in [0.5, 0.6) is 0 Å². The van der Waals surface area contributed by atoms with E-state index in [-0.39, 0.29) is 17.6 Å². The molecule has 0 fully saturated rings. The van der Waals surface area contributed by atoms with E-state index in [0.717, 1.165) is 0 Å². The number of nitro benzene ring substituents is 1. The monoisotopic (exact) mass is 300 g/mol. The molecule has 1 aromatic rings. The zero-order chi connectivity index (χ0) is 13.0. The van der Waals surface area contributed by atoms with Crippen LogP contribution in [0.3, 0.4) is 0 Å². The van der Waals surface area contributed by atoms with Gasteiger partial charge in [-0.3, -0.25) is 14.9 Å². The van der Waals surface area contributed by atoms with Gasteiger partial charge in [-0.1, -0.05) is 15.9 Å². The summed E-state index contributed by atoms with van der Waals surface area (Å²) in [5.41, 5.74) is 0.434. The number of hydrogen-bond acceptors (Lipinski definition) is 3. The fourth-order valence-corrected chi connectivity index (χ4v) is 1.67. The summed E-state index contributed by atoms with van der Waals surface area (Å²) in [6.07, 6.45) is 0. The van der Waals surface area contributed by atoms with Crippen molar-refractivity contribution in [3.05, 3.63) is 39.9 Å².